The van der Waals surface area contributed by atoms with E-state index < -0.39 is 14.6 Å². The average molecular weight is 234 g/mol. The Labute approximate surface area is 82.6 Å². The van der Waals surface area contributed by atoms with Gasteiger partial charge >= 0.3 is 0 Å². The minimum Gasteiger partial charge on any atom is -0.306 e. The first kappa shape index (κ1) is 9.22. The van der Waals surface area contributed by atoms with Gasteiger partial charge in [0, 0.05) is 22.9 Å². The number of halogens is 1. The Balaban J connectivity index is 2.94. The van der Waals surface area contributed by atoms with Gasteiger partial charge in [-0.25, -0.2) is 12.9 Å². The van der Waals surface area contributed by atoms with Crippen LogP contribution in [0, 0.1) is 0 Å². The summed E-state index contributed by atoms with van der Waals surface area (Å²) in [7, 11) is 1.24. The molecule has 74 valence electrons. The molecule has 2 heterocycles. The molecule has 0 aliphatic rings. The lowest BCUT2D eigenvalue weighted by molar-refractivity contribution is 0.610. The SMILES string of the molecule is O=c1ccn2ncc(S(=O)(=O)Cl)c2[nH]1. The molecule has 0 saturated heterocycles. The van der Waals surface area contributed by atoms with Gasteiger partial charge in [0.2, 0.25) is 0 Å². The van der Waals surface area contributed by atoms with Gasteiger partial charge in [0.05, 0.1) is 6.20 Å². The minimum absolute atomic E-state index is 0.0625. The monoisotopic (exact) mass is 233 g/mol. The van der Waals surface area contributed by atoms with Crippen molar-refractivity contribution in [2.45, 2.75) is 4.90 Å². The molecule has 0 fully saturated rings. The van der Waals surface area contributed by atoms with Crippen LogP contribution in [0.1, 0.15) is 0 Å². The lowest BCUT2D eigenvalue weighted by atomic mass is 10.6. The van der Waals surface area contributed by atoms with E-state index in [0.29, 0.717) is 0 Å². The Morgan fingerprint density at radius 1 is 1.50 bits per heavy atom. The third-order valence-electron chi connectivity index (χ3n) is 1.63. The molecule has 0 aliphatic carbocycles. The van der Waals surface area contributed by atoms with Crippen molar-refractivity contribution < 1.29 is 8.42 Å². The summed E-state index contributed by atoms with van der Waals surface area (Å²) in [5, 5.41) is 3.71. The fraction of sp³-hybridized carbons (Fsp3) is 0. The summed E-state index contributed by atoms with van der Waals surface area (Å²) >= 11 is 0. The first-order chi connectivity index (χ1) is 6.48. The molecule has 0 amide bonds. The zero-order valence-corrected chi connectivity index (χ0v) is 8.21. The molecule has 2 rings (SSSR count). The average Bonchev–Trinajstić information content (AvgIpc) is 2.45. The van der Waals surface area contributed by atoms with Gasteiger partial charge in [-0.05, 0) is 0 Å². The normalized spacial score (nSPS) is 12.1. The molecule has 6 nitrogen and oxygen atoms in total. The largest absolute Gasteiger partial charge is 0.306 e. The van der Waals surface area contributed by atoms with Crippen molar-refractivity contribution in [2.75, 3.05) is 0 Å². The first-order valence-corrected chi connectivity index (χ1v) is 5.81. The Kier molecular flexibility index (Phi) is 1.86. The van der Waals surface area contributed by atoms with Crippen LogP contribution >= 0.6 is 10.7 Å². The Bertz CT molecular complexity index is 642. The van der Waals surface area contributed by atoms with Gasteiger partial charge in [-0.1, -0.05) is 0 Å². The van der Waals surface area contributed by atoms with Crippen LogP contribution < -0.4 is 5.56 Å². The Hall–Kier alpha value is -1.34. The van der Waals surface area contributed by atoms with E-state index >= 15 is 0 Å². The molecule has 0 spiro atoms. The number of nitrogens with one attached hydrogen (secondary N) is 1. The van der Waals surface area contributed by atoms with Crippen LogP contribution in [0.5, 0.6) is 0 Å². The number of aromatic nitrogens is 3. The molecule has 14 heavy (non-hydrogen) atoms. The summed E-state index contributed by atoms with van der Waals surface area (Å²) in [6.45, 7) is 0. The van der Waals surface area contributed by atoms with Gasteiger partial charge < -0.3 is 4.98 Å². The van der Waals surface area contributed by atoms with E-state index in [0.717, 1.165) is 6.20 Å². The van der Waals surface area contributed by atoms with Crippen LogP contribution in [0.2, 0.25) is 0 Å². The second kappa shape index (κ2) is 2.82. The van der Waals surface area contributed by atoms with E-state index in [1.54, 1.807) is 0 Å². The third kappa shape index (κ3) is 1.40. The molecule has 2 aromatic heterocycles. The highest BCUT2D eigenvalue weighted by Gasteiger charge is 2.17. The predicted molar refractivity (Wildman–Crippen MR) is 48.9 cm³/mol. The number of nitrogens with zero attached hydrogens (tertiary/aromatic N) is 2. The van der Waals surface area contributed by atoms with E-state index in [1.165, 1.54) is 16.8 Å². The fourth-order valence-corrected chi connectivity index (χ4v) is 1.94. The van der Waals surface area contributed by atoms with Crippen LogP contribution in [0.25, 0.3) is 5.65 Å². The molecular formula is C6H4ClN3O3S. The molecular weight excluding hydrogens is 230 g/mol. The Morgan fingerprint density at radius 3 is 2.86 bits per heavy atom. The summed E-state index contributed by atoms with van der Waals surface area (Å²) in [6.07, 6.45) is 2.42. The molecule has 0 unspecified atom stereocenters. The van der Waals surface area contributed by atoms with Gasteiger partial charge in [-0.3, -0.25) is 4.79 Å². The maximum Gasteiger partial charge on any atom is 0.266 e. The first-order valence-electron chi connectivity index (χ1n) is 3.50. The molecule has 0 aliphatic heterocycles. The summed E-state index contributed by atoms with van der Waals surface area (Å²) in [5.74, 6) is 0. The zero-order valence-electron chi connectivity index (χ0n) is 6.64. The second-order valence-corrected chi connectivity index (χ2v) is 5.08. The van der Waals surface area contributed by atoms with E-state index in [2.05, 4.69) is 10.1 Å². The van der Waals surface area contributed by atoms with E-state index in [9.17, 15) is 13.2 Å². The Morgan fingerprint density at radius 2 is 2.21 bits per heavy atom. The smallest absolute Gasteiger partial charge is 0.266 e. The number of rotatable bonds is 1. The highest BCUT2D eigenvalue weighted by Crippen LogP contribution is 2.17. The summed E-state index contributed by atoms with van der Waals surface area (Å²) in [6, 6.07) is 1.23. The molecule has 2 aromatic rings. The molecule has 0 saturated carbocycles. The van der Waals surface area contributed by atoms with Crippen molar-refractivity contribution in [3.8, 4) is 0 Å². The number of aromatic amines is 1. The topological polar surface area (TPSA) is 84.3 Å². The highest BCUT2D eigenvalue weighted by atomic mass is 35.7. The zero-order chi connectivity index (χ0) is 10.3. The number of hydrogen-bond acceptors (Lipinski definition) is 4. The van der Waals surface area contributed by atoms with Crippen molar-refractivity contribution in [1.29, 1.82) is 0 Å². The number of fused-ring (bicyclic) bond motifs is 1. The van der Waals surface area contributed by atoms with Crippen LogP contribution in [0.15, 0.2) is 28.2 Å². The maximum atomic E-state index is 11.0. The van der Waals surface area contributed by atoms with E-state index in [4.69, 9.17) is 10.7 Å². The molecule has 0 radical (unpaired) electrons. The van der Waals surface area contributed by atoms with Crippen molar-refractivity contribution in [3.63, 3.8) is 0 Å². The van der Waals surface area contributed by atoms with E-state index in [-0.39, 0.29) is 10.5 Å². The predicted octanol–water partition coefficient (Wildman–Crippen LogP) is -0.0499. The standard InChI is InChI=1S/C6H4ClN3O3S/c7-14(12,13)4-3-8-10-2-1-5(11)9-6(4)10/h1-3H,(H,9,11). The maximum absolute atomic E-state index is 11.0. The van der Waals surface area contributed by atoms with Crippen molar-refractivity contribution in [2.24, 2.45) is 0 Å². The van der Waals surface area contributed by atoms with Gasteiger partial charge in [0.25, 0.3) is 14.6 Å². The lowest BCUT2D eigenvalue weighted by Crippen LogP contribution is -2.07. The molecule has 0 aromatic carbocycles. The minimum atomic E-state index is -3.88. The van der Waals surface area contributed by atoms with Crippen LogP contribution in [-0.2, 0) is 9.05 Å². The lowest BCUT2D eigenvalue weighted by Gasteiger charge is -1.92. The van der Waals surface area contributed by atoms with Crippen molar-refractivity contribution >= 4 is 25.4 Å². The second-order valence-electron chi connectivity index (χ2n) is 2.54. The molecule has 0 atom stereocenters. The van der Waals surface area contributed by atoms with Gasteiger partial charge in [-0.2, -0.15) is 5.10 Å². The van der Waals surface area contributed by atoms with Crippen LogP contribution in [0.4, 0.5) is 0 Å². The summed E-state index contributed by atoms with van der Waals surface area (Å²) in [4.78, 5) is 13.0. The van der Waals surface area contributed by atoms with Crippen molar-refractivity contribution in [1.82, 2.24) is 14.6 Å². The number of H-pyrrole nitrogens is 1. The number of hydrogen-bond donors (Lipinski definition) is 1. The van der Waals surface area contributed by atoms with Crippen LogP contribution in [-0.4, -0.2) is 23.0 Å². The molecule has 1 N–H and O–H groups in total. The summed E-state index contributed by atoms with van der Waals surface area (Å²) < 4.78 is 23.2. The summed E-state index contributed by atoms with van der Waals surface area (Å²) in [5.41, 5.74) is -0.355. The highest BCUT2D eigenvalue weighted by molar-refractivity contribution is 8.13. The van der Waals surface area contributed by atoms with Crippen molar-refractivity contribution in [3.05, 3.63) is 28.8 Å². The van der Waals surface area contributed by atoms with Gasteiger partial charge in [0.1, 0.15) is 4.90 Å². The van der Waals surface area contributed by atoms with Crippen LogP contribution in [0.3, 0.4) is 0 Å². The fourth-order valence-electron chi connectivity index (χ4n) is 1.05. The third-order valence-corrected chi connectivity index (χ3v) is 2.96. The molecule has 0 bridgehead atoms. The van der Waals surface area contributed by atoms with Gasteiger partial charge in [-0.15, -0.1) is 0 Å². The quantitative estimate of drug-likeness (QED) is 0.700. The van der Waals surface area contributed by atoms with Gasteiger partial charge in [0.15, 0.2) is 5.65 Å². The van der Waals surface area contributed by atoms with E-state index in [1.807, 2.05) is 0 Å². The molecule has 8 heteroatoms.